The molecule has 1 aromatic carbocycles. The van der Waals surface area contributed by atoms with Gasteiger partial charge in [-0.15, -0.1) is 11.3 Å². The van der Waals surface area contributed by atoms with Crippen LogP contribution in [0.1, 0.15) is 53.8 Å². The van der Waals surface area contributed by atoms with Gasteiger partial charge in [-0.3, -0.25) is 4.79 Å². The first-order valence-corrected chi connectivity index (χ1v) is 12.9. The Morgan fingerprint density at radius 1 is 1.11 bits per heavy atom. The molecule has 1 fully saturated rings. The molecule has 0 aliphatic carbocycles. The van der Waals surface area contributed by atoms with Gasteiger partial charge in [-0.1, -0.05) is 26.3 Å². The smallest absolute Gasteiger partial charge is 0.264 e. The number of piperazine rings is 1. The fourth-order valence-corrected chi connectivity index (χ4v) is 5.32. The van der Waals surface area contributed by atoms with Crippen molar-refractivity contribution in [2.45, 2.75) is 39.5 Å². The van der Waals surface area contributed by atoms with E-state index in [4.69, 9.17) is 15.1 Å². The zero-order valence-corrected chi connectivity index (χ0v) is 21.1. The molecular weight excluding hydrogens is 463 g/mol. The van der Waals surface area contributed by atoms with E-state index in [-0.39, 0.29) is 17.6 Å². The minimum Gasteiger partial charge on any atom is -0.352 e. The molecule has 1 saturated heterocycles. The Hall–Kier alpha value is -3.33. The van der Waals surface area contributed by atoms with Gasteiger partial charge in [0, 0.05) is 32.1 Å². The molecule has 1 amide bonds. The predicted octanol–water partition coefficient (Wildman–Crippen LogP) is 5.19. The normalized spacial score (nSPS) is 15.1. The van der Waals surface area contributed by atoms with Crippen molar-refractivity contribution in [3.8, 4) is 5.69 Å². The van der Waals surface area contributed by atoms with Crippen molar-refractivity contribution in [3.05, 3.63) is 64.0 Å². The average molecular weight is 493 g/mol. The number of rotatable bonds is 6. The Bertz CT molecular complexity index is 1330. The molecule has 4 heterocycles. The lowest BCUT2D eigenvalue weighted by molar-refractivity contribution is 0.0751. The van der Waals surface area contributed by atoms with Crippen LogP contribution in [0.4, 0.5) is 10.2 Å². The quantitative estimate of drug-likeness (QED) is 0.371. The lowest BCUT2D eigenvalue weighted by Crippen LogP contribution is -2.49. The number of aromatic nitrogens is 4. The molecule has 4 aromatic rings. The molecule has 182 valence electrons. The third-order valence-corrected chi connectivity index (χ3v) is 7.39. The maximum absolute atomic E-state index is 13.6. The predicted molar refractivity (Wildman–Crippen MR) is 137 cm³/mol. The molecule has 0 unspecified atom stereocenters. The summed E-state index contributed by atoms with van der Waals surface area (Å²) in [5, 5.41) is 7.61. The molecule has 0 spiro atoms. The van der Waals surface area contributed by atoms with Gasteiger partial charge in [-0.2, -0.15) is 5.10 Å². The van der Waals surface area contributed by atoms with Gasteiger partial charge in [0.2, 0.25) is 0 Å². The van der Waals surface area contributed by atoms with E-state index in [1.807, 2.05) is 29.3 Å². The minimum atomic E-state index is -0.288. The van der Waals surface area contributed by atoms with E-state index in [0.717, 1.165) is 51.8 Å². The van der Waals surface area contributed by atoms with E-state index in [1.165, 1.54) is 23.5 Å². The number of carbonyl (C=O) groups is 1. The zero-order chi connectivity index (χ0) is 24.5. The molecule has 3 aromatic heterocycles. The molecule has 5 rings (SSSR count). The average Bonchev–Trinajstić information content (AvgIpc) is 3.53. The fourth-order valence-electron chi connectivity index (χ4n) is 4.63. The number of aryl methyl sites for hydroxylation is 1. The van der Waals surface area contributed by atoms with Gasteiger partial charge < -0.3 is 9.80 Å². The van der Waals surface area contributed by atoms with Crippen molar-refractivity contribution in [2.75, 3.05) is 31.1 Å². The number of hydrogen-bond donors (Lipinski definition) is 0. The van der Waals surface area contributed by atoms with Gasteiger partial charge in [0.25, 0.3) is 5.91 Å². The first kappa shape index (κ1) is 23.4. The van der Waals surface area contributed by atoms with Crippen LogP contribution >= 0.6 is 11.3 Å². The highest BCUT2D eigenvalue weighted by Gasteiger charge is 2.28. The van der Waals surface area contributed by atoms with Crippen molar-refractivity contribution < 1.29 is 9.18 Å². The van der Waals surface area contributed by atoms with Crippen molar-refractivity contribution >= 4 is 34.1 Å². The third-order valence-electron chi connectivity index (χ3n) is 6.53. The van der Waals surface area contributed by atoms with Crippen LogP contribution < -0.4 is 4.90 Å². The van der Waals surface area contributed by atoms with Crippen molar-refractivity contribution in [1.29, 1.82) is 0 Å². The maximum Gasteiger partial charge on any atom is 0.264 e. The molecule has 1 aliphatic rings. The summed E-state index contributed by atoms with van der Waals surface area (Å²) < 4.78 is 15.4. The van der Waals surface area contributed by atoms with Crippen molar-refractivity contribution in [2.24, 2.45) is 0 Å². The Labute approximate surface area is 208 Å². The topological polar surface area (TPSA) is 67.2 Å². The molecule has 9 heteroatoms. The molecular formula is C26H29FN6OS. The number of benzene rings is 1. The lowest BCUT2D eigenvalue weighted by atomic mass is 10.1. The Morgan fingerprint density at radius 2 is 1.86 bits per heavy atom. The van der Waals surface area contributed by atoms with Crippen LogP contribution in [-0.2, 0) is 0 Å². The van der Waals surface area contributed by atoms with Crippen LogP contribution in [-0.4, -0.2) is 56.7 Å². The second-order valence-electron chi connectivity index (χ2n) is 9.02. The lowest BCUT2D eigenvalue weighted by Gasteiger charge is -2.35. The summed E-state index contributed by atoms with van der Waals surface area (Å²) in [5.41, 5.74) is 2.31. The number of nitrogens with zero attached hydrogens (tertiary/aromatic N) is 6. The van der Waals surface area contributed by atoms with Crippen LogP contribution in [0.2, 0.25) is 0 Å². The number of hydrogen-bond acceptors (Lipinski definition) is 6. The Balaban J connectivity index is 1.53. The summed E-state index contributed by atoms with van der Waals surface area (Å²) in [6.07, 6.45) is 2.02. The highest BCUT2D eigenvalue weighted by atomic mass is 32.1. The van der Waals surface area contributed by atoms with Crippen LogP contribution in [0.5, 0.6) is 0 Å². The second kappa shape index (κ2) is 9.73. The van der Waals surface area contributed by atoms with Crippen LogP contribution in [0.15, 0.2) is 41.8 Å². The number of halogens is 1. The molecule has 0 saturated carbocycles. The monoisotopic (exact) mass is 492 g/mol. The molecule has 1 aliphatic heterocycles. The molecule has 0 radical (unpaired) electrons. The first-order valence-electron chi connectivity index (χ1n) is 12.1. The van der Waals surface area contributed by atoms with Crippen LogP contribution in [0.3, 0.4) is 0 Å². The molecule has 0 bridgehead atoms. The summed E-state index contributed by atoms with van der Waals surface area (Å²) in [7, 11) is 0. The van der Waals surface area contributed by atoms with Gasteiger partial charge in [0.15, 0.2) is 5.65 Å². The van der Waals surface area contributed by atoms with Gasteiger partial charge in [0.05, 0.1) is 21.6 Å². The fraction of sp³-hybridized carbons (Fsp3) is 0.385. The highest BCUT2D eigenvalue weighted by molar-refractivity contribution is 7.12. The van der Waals surface area contributed by atoms with E-state index in [0.29, 0.717) is 26.2 Å². The third kappa shape index (κ3) is 4.52. The number of amides is 1. The molecule has 35 heavy (non-hydrogen) atoms. The summed E-state index contributed by atoms with van der Waals surface area (Å²) in [6, 6.07) is 10.1. The molecule has 7 nitrogen and oxygen atoms in total. The Morgan fingerprint density at radius 3 is 2.51 bits per heavy atom. The number of fused-ring (bicyclic) bond motifs is 1. The van der Waals surface area contributed by atoms with E-state index in [9.17, 15) is 9.18 Å². The largest absolute Gasteiger partial charge is 0.352 e. The molecule has 1 atom stereocenters. The van der Waals surface area contributed by atoms with Crippen LogP contribution in [0, 0.1) is 12.7 Å². The number of carbonyl (C=O) groups excluding carboxylic acids is 1. The van der Waals surface area contributed by atoms with E-state index in [1.54, 1.807) is 16.8 Å². The summed E-state index contributed by atoms with van der Waals surface area (Å²) >= 11 is 1.48. The minimum absolute atomic E-state index is 0.0880. The summed E-state index contributed by atoms with van der Waals surface area (Å²) in [5.74, 6) is 1.65. The number of thiophene rings is 1. The summed E-state index contributed by atoms with van der Waals surface area (Å²) in [6.45, 7) is 8.91. The first-order chi connectivity index (χ1) is 17.0. The highest BCUT2D eigenvalue weighted by Crippen LogP contribution is 2.32. The second-order valence-corrected chi connectivity index (χ2v) is 9.97. The SMILES string of the molecule is CCC[C@@H](C)c1nc(N2CCN(C(=O)c3cccs3)CC2)c2c(C)nn(-c3ccc(F)cc3)c2n1. The Kier molecular flexibility index (Phi) is 6.51. The van der Waals surface area contributed by atoms with Gasteiger partial charge in [0.1, 0.15) is 17.5 Å². The number of anilines is 1. The van der Waals surface area contributed by atoms with Crippen molar-refractivity contribution in [1.82, 2.24) is 24.6 Å². The van der Waals surface area contributed by atoms with E-state index < -0.39 is 0 Å². The van der Waals surface area contributed by atoms with E-state index in [2.05, 4.69) is 18.7 Å². The zero-order valence-electron chi connectivity index (χ0n) is 20.2. The van der Waals surface area contributed by atoms with Gasteiger partial charge in [-0.25, -0.2) is 19.0 Å². The standard InChI is InChI=1S/C26H29FN6OS/c1-4-6-17(2)23-28-24(31-12-14-32(15-13-31)26(34)21-7-5-16-35-21)22-18(3)30-33(25(22)29-23)20-10-8-19(27)9-11-20/h5,7-11,16-17H,4,6,12-15H2,1-3H3/t17-/m1/s1. The maximum atomic E-state index is 13.6. The summed E-state index contributed by atoms with van der Waals surface area (Å²) in [4.78, 5) is 27.7. The van der Waals surface area contributed by atoms with E-state index >= 15 is 0 Å². The van der Waals surface area contributed by atoms with Crippen molar-refractivity contribution in [3.63, 3.8) is 0 Å². The van der Waals surface area contributed by atoms with Crippen LogP contribution in [0.25, 0.3) is 16.7 Å². The molecule has 0 N–H and O–H groups in total. The van der Waals surface area contributed by atoms with Gasteiger partial charge >= 0.3 is 0 Å². The van der Waals surface area contributed by atoms with Gasteiger partial charge in [-0.05, 0) is 49.1 Å².